The fourth-order valence-corrected chi connectivity index (χ4v) is 2.31. The van der Waals surface area contributed by atoms with Gasteiger partial charge in [-0.15, -0.1) is 0 Å². The van der Waals surface area contributed by atoms with Crippen molar-refractivity contribution in [3.63, 3.8) is 0 Å². The Labute approximate surface area is 116 Å². The van der Waals surface area contributed by atoms with Crippen LogP contribution >= 0.6 is 11.6 Å². The molecule has 3 aromatic rings. The number of hydrogen-bond donors (Lipinski definition) is 0. The van der Waals surface area contributed by atoms with Crippen molar-refractivity contribution in [2.75, 3.05) is 0 Å². The van der Waals surface area contributed by atoms with Gasteiger partial charge in [0.05, 0.1) is 5.02 Å². The molecule has 0 saturated heterocycles. The van der Waals surface area contributed by atoms with Gasteiger partial charge >= 0.3 is 0 Å². The summed E-state index contributed by atoms with van der Waals surface area (Å²) in [5.74, 6) is 0. The summed E-state index contributed by atoms with van der Waals surface area (Å²) in [5.41, 5.74) is 3.96. The van der Waals surface area contributed by atoms with Crippen molar-refractivity contribution < 1.29 is 0 Å². The van der Waals surface area contributed by atoms with E-state index in [-0.39, 0.29) is 0 Å². The zero-order chi connectivity index (χ0) is 13.2. The molecule has 0 spiro atoms. The molecule has 2 heterocycles. The molecule has 3 nitrogen and oxygen atoms in total. The normalized spacial score (nSPS) is 10.6. The lowest BCUT2D eigenvalue weighted by Gasteiger charge is -2.04. The van der Waals surface area contributed by atoms with Gasteiger partial charge in [-0.3, -0.25) is 9.67 Å². The van der Waals surface area contributed by atoms with Crippen molar-refractivity contribution in [2.24, 2.45) is 7.05 Å². The molecule has 94 valence electrons. The highest BCUT2D eigenvalue weighted by Gasteiger charge is 2.14. The number of nitrogens with zero attached hydrogens (tertiary/aromatic N) is 3. The molecule has 0 aliphatic rings. The minimum absolute atomic E-state index is 0.705. The molecule has 19 heavy (non-hydrogen) atoms. The average Bonchev–Trinajstić information content (AvgIpc) is 2.82. The lowest BCUT2D eigenvalue weighted by atomic mass is 10.0. The second kappa shape index (κ2) is 4.86. The number of halogens is 1. The van der Waals surface area contributed by atoms with Crippen molar-refractivity contribution in [1.29, 1.82) is 0 Å². The topological polar surface area (TPSA) is 30.7 Å². The summed E-state index contributed by atoms with van der Waals surface area (Å²) >= 11 is 6.27. The van der Waals surface area contributed by atoms with E-state index in [2.05, 4.69) is 10.1 Å². The molecular formula is C15H12ClN3. The predicted molar refractivity (Wildman–Crippen MR) is 76.9 cm³/mol. The Kier molecular flexibility index (Phi) is 3.05. The standard InChI is InChI=1S/C15H12ClN3/c1-19-10-13(11-6-8-17-9-7-11)15(18-19)12-4-2-3-5-14(12)16/h2-10H,1H3. The van der Waals surface area contributed by atoms with Crippen LogP contribution in [0.25, 0.3) is 22.4 Å². The Morgan fingerprint density at radius 2 is 1.74 bits per heavy atom. The maximum atomic E-state index is 6.27. The van der Waals surface area contributed by atoms with E-state index in [1.165, 1.54) is 0 Å². The second-order valence-corrected chi connectivity index (χ2v) is 4.69. The fraction of sp³-hybridized carbons (Fsp3) is 0.0667. The zero-order valence-corrected chi connectivity index (χ0v) is 11.2. The number of pyridine rings is 1. The van der Waals surface area contributed by atoms with Crippen LogP contribution in [0.1, 0.15) is 0 Å². The number of aryl methyl sites for hydroxylation is 1. The summed E-state index contributed by atoms with van der Waals surface area (Å²) < 4.78 is 1.80. The van der Waals surface area contributed by atoms with Gasteiger partial charge in [0.1, 0.15) is 5.69 Å². The summed E-state index contributed by atoms with van der Waals surface area (Å²) in [6.45, 7) is 0. The molecule has 0 saturated carbocycles. The van der Waals surface area contributed by atoms with Crippen LogP contribution in [-0.4, -0.2) is 14.8 Å². The van der Waals surface area contributed by atoms with Gasteiger partial charge in [-0.1, -0.05) is 29.8 Å². The van der Waals surface area contributed by atoms with E-state index in [1.807, 2.05) is 49.6 Å². The Morgan fingerprint density at radius 3 is 2.47 bits per heavy atom. The van der Waals surface area contributed by atoms with Gasteiger partial charge in [-0.2, -0.15) is 5.10 Å². The van der Waals surface area contributed by atoms with Crippen molar-refractivity contribution in [1.82, 2.24) is 14.8 Å². The molecule has 2 aromatic heterocycles. The molecular weight excluding hydrogens is 258 g/mol. The van der Waals surface area contributed by atoms with E-state index in [0.29, 0.717) is 5.02 Å². The summed E-state index contributed by atoms with van der Waals surface area (Å²) in [6, 6.07) is 11.7. The number of rotatable bonds is 2. The van der Waals surface area contributed by atoms with Crippen LogP contribution in [0.2, 0.25) is 5.02 Å². The molecule has 1 aromatic carbocycles. The van der Waals surface area contributed by atoms with Crippen LogP contribution in [0.5, 0.6) is 0 Å². The highest BCUT2D eigenvalue weighted by atomic mass is 35.5. The van der Waals surface area contributed by atoms with E-state index < -0.39 is 0 Å². The monoisotopic (exact) mass is 269 g/mol. The van der Waals surface area contributed by atoms with E-state index in [9.17, 15) is 0 Å². The average molecular weight is 270 g/mol. The molecule has 0 N–H and O–H groups in total. The molecule has 0 amide bonds. The van der Waals surface area contributed by atoms with Gasteiger partial charge in [-0.25, -0.2) is 0 Å². The molecule has 0 unspecified atom stereocenters. The highest BCUT2D eigenvalue weighted by molar-refractivity contribution is 6.33. The maximum Gasteiger partial charge on any atom is 0.102 e. The molecule has 0 aliphatic heterocycles. The van der Waals surface area contributed by atoms with Gasteiger partial charge in [-0.05, 0) is 23.8 Å². The molecule has 0 radical (unpaired) electrons. The summed E-state index contributed by atoms with van der Waals surface area (Å²) in [6.07, 6.45) is 5.55. The quantitative estimate of drug-likeness (QED) is 0.708. The first-order valence-electron chi connectivity index (χ1n) is 5.94. The lowest BCUT2D eigenvalue weighted by molar-refractivity contribution is 0.771. The first-order chi connectivity index (χ1) is 9.25. The Balaban J connectivity index is 2.21. The minimum Gasteiger partial charge on any atom is -0.275 e. The van der Waals surface area contributed by atoms with Gasteiger partial charge in [0.15, 0.2) is 0 Å². The van der Waals surface area contributed by atoms with Crippen LogP contribution < -0.4 is 0 Å². The van der Waals surface area contributed by atoms with E-state index in [1.54, 1.807) is 17.1 Å². The highest BCUT2D eigenvalue weighted by Crippen LogP contribution is 2.34. The van der Waals surface area contributed by atoms with E-state index in [0.717, 1.165) is 22.4 Å². The van der Waals surface area contributed by atoms with Crippen molar-refractivity contribution in [3.8, 4) is 22.4 Å². The largest absolute Gasteiger partial charge is 0.275 e. The summed E-state index contributed by atoms with van der Waals surface area (Å²) in [4.78, 5) is 4.04. The molecule has 4 heteroatoms. The lowest BCUT2D eigenvalue weighted by Crippen LogP contribution is -1.88. The fourth-order valence-electron chi connectivity index (χ4n) is 2.08. The van der Waals surface area contributed by atoms with Crippen LogP contribution in [0.4, 0.5) is 0 Å². The van der Waals surface area contributed by atoms with Crippen molar-refractivity contribution in [3.05, 3.63) is 60.0 Å². The SMILES string of the molecule is Cn1cc(-c2ccncc2)c(-c2ccccc2Cl)n1. The van der Waals surface area contributed by atoms with Gasteiger partial charge < -0.3 is 0 Å². The first kappa shape index (κ1) is 11.9. The Morgan fingerprint density at radius 1 is 1.00 bits per heavy atom. The van der Waals surface area contributed by atoms with Crippen LogP contribution in [0.3, 0.4) is 0 Å². The third-order valence-electron chi connectivity index (χ3n) is 2.95. The summed E-state index contributed by atoms with van der Waals surface area (Å²) in [7, 11) is 1.91. The number of hydrogen-bond acceptors (Lipinski definition) is 2. The number of aromatic nitrogens is 3. The molecule has 3 rings (SSSR count). The van der Waals surface area contributed by atoms with E-state index >= 15 is 0 Å². The summed E-state index contributed by atoms with van der Waals surface area (Å²) in [5, 5.41) is 5.24. The maximum absolute atomic E-state index is 6.27. The molecule has 0 bridgehead atoms. The molecule has 0 aliphatic carbocycles. The second-order valence-electron chi connectivity index (χ2n) is 4.28. The molecule has 0 fully saturated rings. The Hall–Kier alpha value is -2.13. The zero-order valence-electron chi connectivity index (χ0n) is 10.4. The molecule has 0 atom stereocenters. The van der Waals surface area contributed by atoms with Gasteiger partial charge in [0.2, 0.25) is 0 Å². The smallest absolute Gasteiger partial charge is 0.102 e. The van der Waals surface area contributed by atoms with Crippen LogP contribution in [0, 0.1) is 0 Å². The third kappa shape index (κ3) is 2.25. The predicted octanol–water partition coefficient (Wildman–Crippen LogP) is 3.80. The third-order valence-corrected chi connectivity index (χ3v) is 3.28. The number of benzene rings is 1. The van der Waals surface area contributed by atoms with Gasteiger partial charge in [0.25, 0.3) is 0 Å². The van der Waals surface area contributed by atoms with Crippen LogP contribution in [-0.2, 0) is 7.05 Å². The minimum atomic E-state index is 0.705. The first-order valence-corrected chi connectivity index (χ1v) is 6.32. The Bertz CT molecular complexity index is 704. The van der Waals surface area contributed by atoms with Gasteiger partial charge in [0, 0.05) is 36.8 Å². The van der Waals surface area contributed by atoms with E-state index in [4.69, 9.17) is 11.6 Å². The van der Waals surface area contributed by atoms with Crippen molar-refractivity contribution in [2.45, 2.75) is 0 Å². The van der Waals surface area contributed by atoms with Crippen molar-refractivity contribution >= 4 is 11.6 Å². The van der Waals surface area contributed by atoms with Crippen LogP contribution in [0.15, 0.2) is 55.0 Å².